The van der Waals surface area contributed by atoms with Crippen molar-refractivity contribution in [3.05, 3.63) is 50.0 Å². The molecule has 2 nitrogen and oxygen atoms in total. The Labute approximate surface area is 130 Å². The third-order valence-electron chi connectivity index (χ3n) is 2.47. The maximum atomic E-state index is 8.63. The molecule has 0 atom stereocenters. The van der Waals surface area contributed by atoms with Crippen LogP contribution in [0.15, 0.2) is 24.4 Å². The van der Waals surface area contributed by atoms with Crippen LogP contribution in [-0.2, 0) is 6.42 Å². The highest BCUT2D eigenvalue weighted by molar-refractivity contribution is 6.49. The van der Waals surface area contributed by atoms with Crippen molar-refractivity contribution in [2.75, 3.05) is 0 Å². The van der Waals surface area contributed by atoms with Gasteiger partial charge in [0.25, 0.3) is 0 Å². The van der Waals surface area contributed by atoms with Crippen LogP contribution in [-0.4, -0.2) is 4.98 Å². The average molecular weight is 332 g/mol. The van der Waals surface area contributed by atoms with Crippen LogP contribution in [0.2, 0.25) is 20.1 Å². The van der Waals surface area contributed by atoms with E-state index in [0.29, 0.717) is 26.3 Å². The van der Waals surface area contributed by atoms with Crippen LogP contribution in [0.4, 0.5) is 0 Å². The van der Waals surface area contributed by atoms with E-state index >= 15 is 0 Å². The van der Waals surface area contributed by atoms with Crippen LogP contribution < -0.4 is 0 Å². The zero-order valence-electron chi connectivity index (χ0n) is 9.42. The van der Waals surface area contributed by atoms with Gasteiger partial charge in [0.05, 0.1) is 38.3 Å². The van der Waals surface area contributed by atoms with E-state index in [1.54, 1.807) is 24.4 Å². The molecule has 1 aromatic carbocycles. The van der Waals surface area contributed by atoms with Crippen molar-refractivity contribution in [1.82, 2.24) is 4.98 Å². The fraction of sp³-hybridized carbons (Fsp3) is 0.0769. The minimum Gasteiger partial charge on any atom is -0.254 e. The minimum absolute atomic E-state index is 0.252. The molecule has 1 aromatic heterocycles. The lowest BCUT2D eigenvalue weighted by Gasteiger charge is -2.09. The predicted molar refractivity (Wildman–Crippen MR) is 79.0 cm³/mol. The number of hydrogen-bond donors (Lipinski definition) is 0. The number of rotatable bonds is 2. The van der Waals surface area contributed by atoms with Gasteiger partial charge in [0.1, 0.15) is 0 Å². The highest BCUT2D eigenvalue weighted by Gasteiger charge is 2.14. The number of halogens is 4. The molecule has 1 heterocycles. The van der Waals surface area contributed by atoms with Crippen molar-refractivity contribution < 1.29 is 0 Å². The zero-order valence-corrected chi connectivity index (χ0v) is 12.4. The van der Waals surface area contributed by atoms with Gasteiger partial charge in [-0.2, -0.15) is 5.26 Å². The van der Waals surface area contributed by atoms with Crippen LogP contribution in [0.3, 0.4) is 0 Å². The lowest BCUT2D eigenvalue weighted by Crippen LogP contribution is -1.91. The number of pyridine rings is 1. The second-order valence-electron chi connectivity index (χ2n) is 3.73. The molecule has 0 bridgehead atoms. The first kappa shape index (κ1) is 14.4. The second kappa shape index (κ2) is 5.98. The molecule has 0 spiro atoms. The van der Waals surface area contributed by atoms with Crippen LogP contribution in [0.25, 0.3) is 11.3 Å². The van der Waals surface area contributed by atoms with Crippen molar-refractivity contribution in [2.24, 2.45) is 0 Å². The van der Waals surface area contributed by atoms with Gasteiger partial charge in [-0.05, 0) is 23.8 Å². The van der Waals surface area contributed by atoms with E-state index in [2.05, 4.69) is 4.98 Å². The third-order valence-corrected chi connectivity index (χ3v) is 4.05. The summed E-state index contributed by atoms with van der Waals surface area (Å²) in [6, 6.07) is 7.06. The van der Waals surface area contributed by atoms with Gasteiger partial charge in [-0.1, -0.05) is 46.4 Å². The lowest BCUT2D eigenvalue weighted by atomic mass is 10.1. The molecule has 0 aliphatic carbocycles. The SMILES string of the molecule is N#CCc1cnc(-c2ccc(Cl)c(Cl)c2Cl)c(Cl)c1. The molecular weight excluding hydrogens is 326 g/mol. The normalized spacial score (nSPS) is 10.3. The second-order valence-corrected chi connectivity index (χ2v) is 5.30. The largest absolute Gasteiger partial charge is 0.254 e. The van der Waals surface area contributed by atoms with Crippen molar-refractivity contribution in [3.8, 4) is 17.3 Å². The van der Waals surface area contributed by atoms with Gasteiger partial charge in [0.2, 0.25) is 0 Å². The van der Waals surface area contributed by atoms with Crippen molar-refractivity contribution >= 4 is 46.4 Å². The minimum atomic E-state index is 0.252. The molecule has 0 amide bonds. The Morgan fingerprint density at radius 3 is 2.42 bits per heavy atom. The summed E-state index contributed by atoms with van der Waals surface area (Å²) in [5.41, 5.74) is 1.85. The summed E-state index contributed by atoms with van der Waals surface area (Å²) in [4.78, 5) is 4.23. The van der Waals surface area contributed by atoms with E-state index in [4.69, 9.17) is 51.7 Å². The van der Waals surface area contributed by atoms with Crippen molar-refractivity contribution in [1.29, 1.82) is 5.26 Å². The predicted octanol–water partition coefficient (Wildman–Crippen LogP) is 5.43. The van der Waals surface area contributed by atoms with Crippen LogP contribution in [0, 0.1) is 11.3 Å². The molecule has 19 heavy (non-hydrogen) atoms. The van der Waals surface area contributed by atoms with Gasteiger partial charge in [0.15, 0.2) is 0 Å². The van der Waals surface area contributed by atoms with Gasteiger partial charge in [-0.15, -0.1) is 0 Å². The van der Waals surface area contributed by atoms with E-state index in [1.807, 2.05) is 6.07 Å². The molecule has 0 fully saturated rings. The van der Waals surface area contributed by atoms with E-state index in [-0.39, 0.29) is 11.4 Å². The standard InChI is InChI=1S/C13H6Cl4N2/c14-9-2-1-8(11(16)12(9)17)13-10(15)5-7(3-4-18)6-19-13/h1-2,5-6H,3H2. The van der Waals surface area contributed by atoms with Crippen LogP contribution in [0.5, 0.6) is 0 Å². The average Bonchev–Trinajstić information content (AvgIpc) is 2.38. The van der Waals surface area contributed by atoms with Crippen molar-refractivity contribution in [2.45, 2.75) is 6.42 Å². The van der Waals surface area contributed by atoms with Gasteiger partial charge in [0, 0.05) is 11.8 Å². The van der Waals surface area contributed by atoms with E-state index < -0.39 is 0 Å². The van der Waals surface area contributed by atoms with Crippen LogP contribution >= 0.6 is 46.4 Å². The molecule has 0 radical (unpaired) electrons. The summed E-state index contributed by atoms with van der Waals surface area (Å²) in [6.45, 7) is 0. The Morgan fingerprint density at radius 1 is 1.05 bits per heavy atom. The van der Waals surface area contributed by atoms with Crippen molar-refractivity contribution in [3.63, 3.8) is 0 Å². The first-order valence-corrected chi connectivity index (χ1v) is 6.71. The number of benzene rings is 1. The number of aromatic nitrogens is 1. The van der Waals surface area contributed by atoms with Crippen LogP contribution in [0.1, 0.15) is 5.56 Å². The Hall–Kier alpha value is -0.980. The molecule has 96 valence electrons. The molecule has 0 unspecified atom stereocenters. The fourth-order valence-electron chi connectivity index (χ4n) is 1.57. The third kappa shape index (κ3) is 2.96. The Bertz CT molecular complexity index is 677. The summed E-state index contributed by atoms with van der Waals surface area (Å²) in [5.74, 6) is 0. The summed E-state index contributed by atoms with van der Waals surface area (Å²) in [6.07, 6.45) is 1.84. The molecule has 2 rings (SSSR count). The summed E-state index contributed by atoms with van der Waals surface area (Å²) in [7, 11) is 0. The molecule has 0 N–H and O–H groups in total. The van der Waals surface area contributed by atoms with E-state index in [9.17, 15) is 0 Å². The number of hydrogen-bond acceptors (Lipinski definition) is 2. The fourth-order valence-corrected chi connectivity index (χ4v) is 2.49. The number of nitriles is 1. The highest BCUT2D eigenvalue weighted by atomic mass is 35.5. The number of nitrogens with zero attached hydrogens (tertiary/aromatic N) is 2. The topological polar surface area (TPSA) is 36.7 Å². The van der Waals surface area contributed by atoms with Gasteiger partial charge in [-0.25, -0.2) is 0 Å². The summed E-state index contributed by atoms with van der Waals surface area (Å²) < 4.78 is 0. The van der Waals surface area contributed by atoms with E-state index in [1.165, 1.54) is 0 Å². The summed E-state index contributed by atoms with van der Waals surface area (Å²) in [5, 5.41) is 9.98. The van der Waals surface area contributed by atoms with Gasteiger partial charge < -0.3 is 0 Å². The van der Waals surface area contributed by atoms with Gasteiger partial charge in [-0.3, -0.25) is 4.98 Å². The maximum absolute atomic E-state index is 8.63. The molecular formula is C13H6Cl4N2. The molecule has 6 heteroatoms. The molecule has 2 aromatic rings. The Balaban J connectivity index is 2.54. The first-order valence-electron chi connectivity index (χ1n) is 5.20. The molecule has 0 aliphatic rings. The smallest absolute Gasteiger partial charge is 0.0903 e. The van der Waals surface area contributed by atoms with E-state index in [0.717, 1.165) is 5.56 Å². The maximum Gasteiger partial charge on any atom is 0.0903 e. The molecule has 0 aliphatic heterocycles. The highest BCUT2D eigenvalue weighted by Crippen LogP contribution is 2.39. The quantitative estimate of drug-likeness (QED) is 0.688. The lowest BCUT2D eigenvalue weighted by molar-refractivity contribution is 1.19. The molecule has 0 saturated heterocycles. The monoisotopic (exact) mass is 330 g/mol. The zero-order chi connectivity index (χ0) is 14.0. The Morgan fingerprint density at radius 2 is 1.79 bits per heavy atom. The Kier molecular flexibility index (Phi) is 4.54. The molecule has 0 saturated carbocycles. The summed E-state index contributed by atoms with van der Waals surface area (Å²) >= 11 is 24.2. The first-order chi connectivity index (χ1) is 9.04. The van der Waals surface area contributed by atoms with Gasteiger partial charge >= 0.3 is 0 Å².